The van der Waals surface area contributed by atoms with Gasteiger partial charge in [0.25, 0.3) is 5.91 Å². The Morgan fingerprint density at radius 3 is 2.68 bits per heavy atom. The molecule has 1 aromatic carbocycles. The van der Waals surface area contributed by atoms with Crippen molar-refractivity contribution in [3.8, 4) is 0 Å². The number of benzene rings is 1. The molecule has 19 heavy (non-hydrogen) atoms. The number of rotatable bonds is 3. The van der Waals surface area contributed by atoms with Crippen LogP contribution in [0.2, 0.25) is 0 Å². The van der Waals surface area contributed by atoms with Crippen molar-refractivity contribution >= 4 is 17.6 Å². The predicted octanol–water partition coefficient (Wildman–Crippen LogP) is 2.68. The number of carboxylic acids is 1. The van der Waals surface area contributed by atoms with Crippen molar-refractivity contribution in [3.63, 3.8) is 0 Å². The summed E-state index contributed by atoms with van der Waals surface area (Å²) >= 11 is 0. The van der Waals surface area contributed by atoms with E-state index >= 15 is 0 Å². The molecule has 1 heterocycles. The number of carboxylic acid groups (broad SMARTS) is 1. The summed E-state index contributed by atoms with van der Waals surface area (Å²) < 4.78 is 18.4. The average molecular weight is 263 g/mol. The fourth-order valence-electron chi connectivity index (χ4n) is 1.60. The van der Waals surface area contributed by atoms with Crippen LogP contribution in [-0.4, -0.2) is 17.0 Å². The van der Waals surface area contributed by atoms with Gasteiger partial charge in [0.1, 0.15) is 23.4 Å². The van der Waals surface area contributed by atoms with Crippen LogP contribution in [0, 0.1) is 12.7 Å². The standard InChI is InChI=1S/C13H10FNO4/c1-7-5-8(6-19-7)12(16)15-10-4-2-3-9(14)11(10)13(17)18/h2-6H,1H3,(H,15,16)(H,17,18). The maximum absolute atomic E-state index is 13.4. The lowest BCUT2D eigenvalue weighted by atomic mass is 10.1. The van der Waals surface area contributed by atoms with Gasteiger partial charge in [-0.2, -0.15) is 0 Å². The van der Waals surface area contributed by atoms with Gasteiger partial charge in [-0.1, -0.05) is 6.07 Å². The van der Waals surface area contributed by atoms with E-state index in [-0.39, 0.29) is 11.3 Å². The topological polar surface area (TPSA) is 79.5 Å². The van der Waals surface area contributed by atoms with Gasteiger partial charge in [0.05, 0.1) is 11.3 Å². The molecular formula is C13H10FNO4. The van der Waals surface area contributed by atoms with Crippen LogP contribution < -0.4 is 5.32 Å². The van der Waals surface area contributed by atoms with Crippen LogP contribution in [-0.2, 0) is 0 Å². The molecule has 0 aliphatic carbocycles. The lowest BCUT2D eigenvalue weighted by Gasteiger charge is -2.07. The van der Waals surface area contributed by atoms with Gasteiger partial charge < -0.3 is 14.8 Å². The van der Waals surface area contributed by atoms with E-state index in [1.54, 1.807) is 6.92 Å². The monoisotopic (exact) mass is 263 g/mol. The number of anilines is 1. The SMILES string of the molecule is Cc1cc(C(=O)Nc2cccc(F)c2C(=O)O)co1. The third kappa shape index (κ3) is 2.62. The highest BCUT2D eigenvalue weighted by molar-refractivity contribution is 6.07. The van der Waals surface area contributed by atoms with Crippen molar-refractivity contribution in [3.05, 3.63) is 53.2 Å². The molecule has 2 rings (SSSR count). The van der Waals surface area contributed by atoms with E-state index in [0.717, 1.165) is 6.07 Å². The van der Waals surface area contributed by atoms with E-state index in [2.05, 4.69) is 5.32 Å². The van der Waals surface area contributed by atoms with Crippen LogP contribution in [0.3, 0.4) is 0 Å². The second-order valence-electron chi connectivity index (χ2n) is 3.87. The van der Waals surface area contributed by atoms with Crippen LogP contribution >= 0.6 is 0 Å². The van der Waals surface area contributed by atoms with Gasteiger partial charge in [-0.3, -0.25) is 4.79 Å². The normalized spacial score (nSPS) is 10.2. The van der Waals surface area contributed by atoms with E-state index in [4.69, 9.17) is 9.52 Å². The van der Waals surface area contributed by atoms with Crippen LogP contribution in [0.15, 0.2) is 34.9 Å². The molecule has 0 aliphatic rings. The molecule has 6 heteroatoms. The fourth-order valence-corrected chi connectivity index (χ4v) is 1.60. The summed E-state index contributed by atoms with van der Waals surface area (Å²) in [6.45, 7) is 1.67. The second kappa shape index (κ2) is 4.93. The van der Waals surface area contributed by atoms with Crippen molar-refractivity contribution in [1.82, 2.24) is 0 Å². The molecule has 5 nitrogen and oxygen atoms in total. The largest absolute Gasteiger partial charge is 0.478 e. The Labute approximate surface area is 107 Å². The summed E-state index contributed by atoms with van der Waals surface area (Å²) in [5, 5.41) is 11.3. The summed E-state index contributed by atoms with van der Waals surface area (Å²) in [5.41, 5.74) is -0.439. The molecule has 0 saturated heterocycles. The van der Waals surface area contributed by atoms with E-state index < -0.39 is 23.3 Å². The van der Waals surface area contributed by atoms with Crippen molar-refractivity contribution in [2.24, 2.45) is 0 Å². The lowest BCUT2D eigenvalue weighted by molar-refractivity contribution is 0.0693. The van der Waals surface area contributed by atoms with Crippen molar-refractivity contribution < 1.29 is 23.5 Å². The highest BCUT2D eigenvalue weighted by Crippen LogP contribution is 2.20. The highest BCUT2D eigenvalue weighted by Gasteiger charge is 2.18. The number of carbonyl (C=O) groups excluding carboxylic acids is 1. The van der Waals surface area contributed by atoms with E-state index in [1.165, 1.54) is 24.5 Å². The Hall–Kier alpha value is -2.63. The zero-order valence-corrected chi connectivity index (χ0v) is 9.94. The molecule has 0 radical (unpaired) electrons. The smallest absolute Gasteiger partial charge is 0.340 e. The summed E-state index contributed by atoms with van der Waals surface area (Å²) in [6.07, 6.45) is 1.24. The van der Waals surface area contributed by atoms with Crippen molar-refractivity contribution in [2.75, 3.05) is 5.32 Å². The number of hydrogen-bond acceptors (Lipinski definition) is 3. The second-order valence-corrected chi connectivity index (χ2v) is 3.87. The van der Waals surface area contributed by atoms with Gasteiger partial charge in [-0.15, -0.1) is 0 Å². The Kier molecular flexibility index (Phi) is 3.33. The molecule has 0 bridgehead atoms. The number of amides is 1. The first kappa shape index (κ1) is 12.8. The number of aryl methyl sites for hydroxylation is 1. The third-order valence-corrected chi connectivity index (χ3v) is 2.47. The molecule has 0 aliphatic heterocycles. The minimum Gasteiger partial charge on any atom is -0.478 e. The molecule has 0 fully saturated rings. The maximum Gasteiger partial charge on any atom is 0.340 e. The molecule has 0 atom stereocenters. The van der Waals surface area contributed by atoms with Gasteiger partial charge >= 0.3 is 5.97 Å². The number of nitrogens with one attached hydrogen (secondary N) is 1. The predicted molar refractivity (Wildman–Crippen MR) is 64.8 cm³/mol. The molecule has 2 aromatic rings. The summed E-state index contributed by atoms with van der Waals surface area (Å²) in [4.78, 5) is 22.8. The van der Waals surface area contributed by atoms with Gasteiger partial charge in [-0.25, -0.2) is 9.18 Å². The van der Waals surface area contributed by atoms with Crippen molar-refractivity contribution in [1.29, 1.82) is 0 Å². The zero-order valence-electron chi connectivity index (χ0n) is 9.94. The molecular weight excluding hydrogens is 253 g/mol. The number of carbonyl (C=O) groups is 2. The molecule has 1 aromatic heterocycles. The van der Waals surface area contributed by atoms with Crippen LogP contribution in [0.4, 0.5) is 10.1 Å². The van der Waals surface area contributed by atoms with Gasteiger partial charge in [-0.05, 0) is 25.1 Å². The van der Waals surface area contributed by atoms with Gasteiger partial charge in [0.2, 0.25) is 0 Å². The van der Waals surface area contributed by atoms with Crippen LogP contribution in [0.25, 0.3) is 0 Å². The molecule has 98 valence electrons. The van der Waals surface area contributed by atoms with Crippen molar-refractivity contribution in [2.45, 2.75) is 6.92 Å². The minimum absolute atomic E-state index is 0.101. The molecule has 0 saturated carbocycles. The average Bonchev–Trinajstić information content (AvgIpc) is 2.75. The minimum atomic E-state index is -1.45. The molecule has 0 spiro atoms. The van der Waals surface area contributed by atoms with Crippen LogP contribution in [0.5, 0.6) is 0 Å². The quantitative estimate of drug-likeness (QED) is 0.892. The third-order valence-electron chi connectivity index (χ3n) is 2.47. The first-order valence-corrected chi connectivity index (χ1v) is 5.37. The number of aromatic carboxylic acids is 1. The Morgan fingerprint density at radius 2 is 2.11 bits per heavy atom. The Morgan fingerprint density at radius 1 is 1.37 bits per heavy atom. The van der Waals surface area contributed by atoms with E-state index in [1.807, 2.05) is 0 Å². The molecule has 0 unspecified atom stereocenters. The molecule has 2 N–H and O–H groups in total. The highest BCUT2D eigenvalue weighted by atomic mass is 19.1. The van der Waals surface area contributed by atoms with Gasteiger partial charge in [0, 0.05) is 0 Å². The van der Waals surface area contributed by atoms with Crippen LogP contribution in [0.1, 0.15) is 26.5 Å². The Bertz CT molecular complexity index is 648. The van der Waals surface area contributed by atoms with E-state index in [0.29, 0.717) is 5.76 Å². The number of furan rings is 1. The summed E-state index contributed by atoms with van der Waals surface area (Å²) in [5.74, 6) is -2.38. The fraction of sp³-hybridized carbons (Fsp3) is 0.0769. The zero-order chi connectivity index (χ0) is 14.0. The molecule has 1 amide bonds. The lowest BCUT2D eigenvalue weighted by Crippen LogP contribution is -2.15. The Balaban J connectivity index is 2.31. The van der Waals surface area contributed by atoms with E-state index in [9.17, 15) is 14.0 Å². The number of hydrogen-bond donors (Lipinski definition) is 2. The van der Waals surface area contributed by atoms with Gasteiger partial charge in [0.15, 0.2) is 0 Å². The number of halogens is 1. The summed E-state index contributed by atoms with van der Waals surface area (Å²) in [6, 6.07) is 5.14. The maximum atomic E-state index is 13.4. The first-order chi connectivity index (χ1) is 8.99. The summed E-state index contributed by atoms with van der Waals surface area (Å²) in [7, 11) is 0. The first-order valence-electron chi connectivity index (χ1n) is 5.37.